The van der Waals surface area contributed by atoms with Crippen LogP contribution in [0, 0.1) is 12.3 Å². The van der Waals surface area contributed by atoms with Gasteiger partial charge < -0.3 is 14.2 Å². The molecule has 0 aliphatic carbocycles. The quantitative estimate of drug-likeness (QED) is 0.353. The summed E-state index contributed by atoms with van der Waals surface area (Å²) in [4.78, 5) is 27.6. The minimum atomic E-state index is -0.748. The van der Waals surface area contributed by atoms with Gasteiger partial charge in [-0.05, 0) is 41.5 Å². The van der Waals surface area contributed by atoms with Gasteiger partial charge in [0.15, 0.2) is 0 Å². The summed E-state index contributed by atoms with van der Waals surface area (Å²) in [7, 11) is 0. The van der Waals surface area contributed by atoms with Crippen LogP contribution < -0.4 is 10.6 Å². The summed E-state index contributed by atoms with van der Waals surface area (Å²) in [5, 5.41) is 4.72. The Morgan fingerprint density at radius 2 is 1.46 bits per heavy atom. The molecule has 0 aliphatic heterocycles. The number of carbonyl (C=O) groups is 2. The zero-order valence-corrected chi connectivity index (χ0v) is 15.2. The van der Waals surface area contributed by atoms with Crippen LogP contribution in [0.1, 0.15) is 41.5 Å². The van der Waals surface area contributed by atoms with Gasteiger partial charge in [0.2, 0.25) is 5.96 Å². The maximum atomic E-state index is 11.8. The van der Waals surface area contributed by atoms with E-state index in [0.717, 1.165) is 0 Å². The highest BCUT2D eigenvalue weighted by molar-refractivity contribution is 6.01. The summed E-state index contributed by atoms with van der Waals surface area (Å²) >= 11 is 0. The normalized spacial score (nSPS) is 11.0. The van der Waals surface area contributed by atoms with E-state index in [0.29, 0.717) is 0 Å². The van der Waals surface area contributed by atoms with Gasteiger partial charge in [-0.3, -0.25) is 10.6 Å². The number of ether oxygens (including phenoxy) is 3. The van der Waals surface area contributed by atoms with Gasteiger partial charge in [-0.25, -0.2) is 14.6 Å². The summed E-state index contributed by atoms with van der Waals surface area (Å²) in [6.07, 6.45) is 3.57. The SMILES string of the molecule is C#CCOCCN=C(NC(=O)OC(C)(C)C)NC(=O)OC(C)(C)C. The van der Waals surface area contributed by atoms with E-state index in [-0.39, 0.29) is 25.7 Å². The van der Waals surface area contributed by atoms with Gasteiger partial charge in [-0.2, -0.15) is 0 Å². The number of amides is 2. The van der Waals surface area contributed by atoms with Crippen molar-refractivity contribution in [2.45, 2.75) is 52.7 Å². The molecule has 0 rings (SSSR count). The maximum Gasteiger partial charge on any atom is 0.414 e. The first-order chi connectivity index (χ1) is 10.9. The number of rotatable bonds is 4. The summed E-state index contributed by atoms with van der Waals surface area (Å²) in [5.74, 6) is 2.23. The molecule has 0 saturated carbocycles. The smallest absolute Gasteiger partial charge is 0.414 e. The van der Waals surface area contributed by atoms with Crippen LogP contribution in [0.5, 0.6) is 0 Å². The van der Waals surface area contributed by atoms with E-state index in [1.165, 1.54) is 0 Å². The standard InChI is InChI=1S/C16H27N3O5/c1-8-10-22-11-9-17-12(18-13(20)23-15(2,3)4)19-14(21)24-16(5,6)7/h1H,9-11H2,2-7H3,(H2,17,18,19,20,21). The molecule has 0 spiro atoms. The van der Waals surface area contributed by atoms with Crippen molar-refractivity contribution in [1.29, 1.82) is 0 Å². The highest BCUT2D eigenvalue weighted by Crippen LogP contribution is 2.07. The molecule has 2 N–H and O–H groups in total. The Bertz CT molecular complexity index is 463. The number of terminal acetylenes is 1. The Morgan fingerprint density at radius 3 is 1.83 bits per heavy atom. The van der Waals surface area contributed by atoms with Crippen LogP contribution in [0.3, 0.4) is 0 Å². The van der Waals surface area contributed by atoms with Crippen LogP contribution in [-0.2, 0) is 14.2 Å². The summed E-state index contributed by atoms with van der Waals surface area (Å²) in [5.41, 5.74) is -1.37. The molecule has 0 aromatic carbocycles. The number of hydrogen-bond acceptors (Lipinski definition) is 6. The number of guanidine groups is 1. The average Bonchev–Trinajstić information content (AvgIpc) is 2.33. The fourth-order valence-corrected chi connectivity index (χ4v) is 1.26. The highest BCUT2D eigenvalue weighted by Gasteiger charge is 2.21. The molecular formula is C16H27N3O5. The van der Waals surface area contributed by atoms with Crippen LogP contribution in [-0.4, -0.2) is 49.1 Å². The van der Waals surface area contributed by atoms with E-state index in [9.17, 15) is 9.59 Å². The largest absolute Gasteiger partial charge is 0.444 e. The van der Waals surface area contributed by atoms with Crippen molar-refractivity contribution in [2.75, 3.05) is 19.8 Å². The van der Waals surface area contributed by atoms with E-state index in [2.05, 4.69) is 21.5 Å². The fraction of sp³-hybridized carbons (Fsp3) is 0.688. The minimum absolute atomic E-state index is 0.0946. The molecule has 0 fully saturated rings. The number of alkyl carbamates (subject to hydrolysis) is 2. The molecule has 0 unspecified atom stereocenters. The molecule has 136 valence electrons. The third-order valence-electron chi connectivity index (χ3n) is 1.93. The lowest BCUT2D eigenvalue weighted by molar-refractivity contribution is 0.0544. The molecule has 0 aromatic rings. The second-order valence-corrected chi connectivity index (χ2v) is 6.74. The molecule has 2 amide bonds. The van der Waals surface area contributed by atoms with Crippen LogP contribution in [0.15, 0.2) is 4.99 Å². The van der Waals surface area contributed by atoms with Crippen molar-refractivity contribution in [3.05, 3.63) is 0 Å². The van der Waals surface area contributed by atoms with Crippen molar-refractivity contribution in [2.24, 2.45) is 4.99 Å². The minimum Gasteiger partial charge on any atom is -0.444 e. The lowest BCUT2D eigenvalue weighted by Crippen LogP contribution is -2.47. The maximum absolute atomic E-state index is 11.8. The number of aliphatic imine (C=N–C) groups is 1. The molecule has 0 atom stereocenters. The van der Waals surface area contributed by atoms with Crippen LogP contribution in [0.25, 0.3) is 0 Å². The van der Waals surface area contributed by atoms with Crippen LogP contribution >= 0.6 is 0 Å². The predicted molar refractivity (Wildman–Crippen MR) is 90.7 cm³/mol. The Labute approximate surface area is 143 Å². The zero-order chi connectivity index (χ0) is 18.8. The first-order valence-corrected chi connectivity index (χ1v) is 7.48. The third-order valence-corrected chi connectivity index (χ3v) is 1.93. The Morgan fingerprint density at radius 1 is 1.00 bits per heavy atom. The van der Waals surface area contributed by atoms with Gasteiger partial charge in [0, 0.05) is 0 Å². The van der Waals surface area contributed by atoms with Gasteiger partial charge in [0.25, 0.3) is 0 Å². The van der Waals surface area contributed by atoms with Crippen LogP contribution in [0.2, 0.25) is 0 Å². The van der Waals surface area contributed by atoms with Crippen molar-refractivity contribution in [3.63, 3.8) is 0 Å². The lowest BCUT2D eigenvalue weighted by atomic mass is 10.2. The Kier molecular flexibility index (Phi) is 8.85. The van der Waals surface area contributed by atoms with Crippen LogP contribution in [0.4, 0.5) is 9.59 Å². The van der Waals surface area contributed by atoms with E-state index in [4.69, 9.17) is 20.6 Å². The topological polar surface area (TPSA) is 98.3 Å². The molecule has 0 bridgehead atoms. The zero-order valence-electron chi connectivity index (χ0n) is 15.2. The fourth-order valence-electron chi connectivity index (χ4n) is 1.26. The summed E-state index contributed by atoms with van der Waals surface area (Å²) in [6.45, 7) is 10.9. The number of nitrogens with one attached hydrogen (secondary N) is 2. The molecule has 0 aromatic heterocycles. The van der Waals surface area contributed by atoms with E-state index in [1.807, 2.05) is 0 Å². The highest BCUT2D eigenvalue weighted by atomic mass is 16.6. The van der Waals surface area contributed by atoms with Gasteiger partial charge in [0.1, 0.15) is 17.8 Å². The van der Waals surface area contributed by atoms with Gasteiger partial charge in [-0.15, -0.1) is 6.42 Å². The van der Waals surface area contributed by atoms with Crippen molar-refractivity contribution in [1.82, 2.24) is 10.6 Å². The van der Waals surface area contributed by atoms with Crippen molar-refractivity contribution in [3.8, 4) is 12.3 Å². The van der Waals surface area contributed by atoms with E-state index < -0.39 is 23.4 Å². The molecule has 0 saturated heterocycles. The molecule has 0 aliphatic rings. The average molecular weight is 341 g/mol. The lowest BCUT2D eigenvalue weighted by Gasteiger charge is -2.22. The monoisotopic (exact) mass is 341 g/mol. The summed E-state index contributed by atoms with van der Waals surface area (Å²) in [6, 6.07) is 0. The molecule has 8 heteroatoms. The Hall–Kier alpha value is -2.27. The summed E-state index contributed by atoms with van der Waals surface area (Å²) < 4.78 is 15.3. The number of carbonyl (C=O) groups excluding carboxylic acids is 2. The number of nitrogens with zero attached hydrogens (tertiary/aromatic N) is 1. The first kappa shape index (κ1) is 21.7. The number of hydrogen-bond donors (Lipinski definition) is 2. The molecular weight excluding hydrogens is 314 g/mol. The Balaban J connectivity index is 4.76. The van der Waals surface area contributed by atoms with E-state index >= 15 is 0 Å². The predicted octanol–water partition coefficient (Wildman–Crippen LogP) is 2.04. The van der Waals surface area contributed by atoms with Crippen molar-refractivity contribution < 1.29 is 23.8 Å². The van der Waals surface area contributed by atoms with Crippen molar-refractivity contribution >= 4 is 18.1 Å². The third kappa shape index (κ3) is 13.4. The second-order valence-electron chi connectivity index (χ2n) is 6.74. The second kappa shape index (κ2) is 9.78. The van der Waals surface area contributed by atoms with Gasteiger partial charge in [0.05, 0.1) is 13.2 Å². The van der Waals surface area contributed by atoms with Gasteiger partial charge >= 0.3 is 12.2 Å². The van der Waals surface area contributed by atoms with Gasteiger partial charge in [-0.1, -0.05) is 5.92 Å². The van der Waals surface area contributed by atoms with E-state index in [1.54, 1.807) is 41.5 Å². The molecule has 0 heterocycles. The molecule has 8 nitrogen and oxygen atoms in total. The molecule has 24 heavy (non-hydrogen) atoms. The molecule has 0 radical (unpaired) electrons. The first-order valence-electron chi connectivity index (χ1n) is 7.48.